The van der Waals surface area contributed by atoms with Gasteiger partial charge in [-0.15, -0.1) is 0 Å². The van der Waals surface area contributed by atoms with Crippen LogP contribution in [0.3, 0.4) is 0 Å². The maximum atomic E-state index is 12.5. The molecule has 0 atom stereocenters. The Kier molecular flexibility index (Phi) is 5.13. The van der Waals surface area contributed by atoms with E-state index < -0.39 is 0 Å². The van der Waals surface area contributed by atoms with Gasteiger partial charge in [0.05, 0.1) is 18.9 Å². The zero-order valence-corrected chi connectivity index (χ0v) is 13.2. The van der Waals surface area contributed by atoms with Crippen molar-refractivity contribution >= 4 is 17.7 Å². The average molecular weight is 309 g/mol. The van der Waals surface area contributed by atoms with Crippen molar-refractivity contribution in [3.05, 3.63) is 12.4 Å². The first-order valence-electron chi connectivity index (χ1n) is 7.76. The van der Waals surface area contributed by atoms with Gasteiger partial charge >= 0.3 is 0 Å². The molecular formula is C14H23N5OS. The van der Waals surface area contributed by atoms with Crippen LogP contribution in [0.15, 0.2) is 12.4 Å². The van der Waals surface area contributed by atoms with Crippen LogP contribution in [-0.2, 0) is 11.3 Å². The highest BCUT2D eigenvalue weighted by atomic mass is 32.2. The van der Waals surface area contributed by atoms with Crippen LogP contribution in [-0.4, -0.2) is 74.9 Å². The number of nitrogens with zero attached hydrogens (tertiary/aromatic N) is 5. The second-order valence-corrected chi connectivity index (χ2v) is 6.90. The van der Waals surface area contributed by atoms with E-state index in [0.29, 0.717) is 5.91 Å². The standard InChI is InChI=1S/C14H23N5OS/c20-14(18-9-11-21-12-10-18)13-1-5-17(6-2-13)7-8-19-15-3-4-16-19/h3-4,13H,1-2,5-12H2. The van der Waals surface area contributed by atoms with Gasteiger partial charge in [-0.2, -0.15) is 26.8 Å². The molecule has 0 spiro atoms. The van der Waals surface area contributed by atoms with E-state index in [0.717, 1.165) is 63.6 Å². The minimum absolute atomic E-state index is 0.243. The summed E-state index contributed by atoms with van der Waals surface area (Å²) < 4.78 is 0. The van der Waals surface area contributed by atoms with Crippen LogP contribution < -0.4 is 0 Å². The van der Waals surface area contributed by atoms with Crippen LogP contribution in [0.25, 0.3) is 0 Å². The van der Waals surface area contributed by atoms with Crippen molar-refractivity contribution in [3.63, 3.8) is 0 Å². The van der Waals surface area contributed by atoms with Crippen LogP contribution in [0, 0.1) is 5.92 Å². The number of amides is 1. The van der Waals surface area contributed by atoms with Gasteiger partial charge in [0, 0.05) is 37.1 Å². The Bertz CT molecular complexity index is 438. The van der Waals surface area contributed by atoms with E-state index >= 15 is 0 Å². The molecule has 0 saturated carbocycles. The van der Waals surface area contributed by atoms with E-state index in [1.807, 2.05) is 11.8 Å². The van der Waals surface area contributed by atoms with Crippen LogP contribution in [0.2, 0.25) is 0 Å². The number of thioether (sulfide) groups is 1. The van der Waals surface area contributed by atoms with Crippen LogP contribution in [0.5, 0.6) is 0 Å². The number of carbonyl (C=O) groups is 1. The molecule has 21 heavy (non-hydrogen) atoms. The first-order valence-corrected chi connectivity index (χ1v) is 8.91. The summed E-state index contributed by atoms with van der Waals surface area (Å²) in [6.45, 7) is 5.70. The molecule has 6 nitrogen and oxygen atoms in total. The third kappa shape index (κ3) is 3.97. The molecule has 0 aliphatic carbocycles. The Labute approximate surface area is 129 Å². The number of hydrogen-bond donors (Lipinski definition) is 0. The van der Waals surface area contributed by atoms with Gasteiger partial charge in [-0.25, -0.2) is 0 Å². The van der Waals surface area contributed by atoms with E-state index in [4.69, 9.17) is 0 Å². The molecule has 7 heteroatoms. The molecule has 1 amide bonds. The third-order valence-electron chi connectivity index (χ3n) is 4.34. The minimum Gasteiger partial charge on any atom is -0.341 e. The molecular weight excluding hydrogens is 286 g/mol. The fourth-order valence-electron chi connectivity index (χ4n) is 3.04. The normalized spacial score (nSPS) is 21.6. The van der Waals surface area contributed by atoms with Crippen LogP contribution in [0.1, 0.15) is 12.8 Å². The molecule has 0 unspecified atom stereocenters. The van der Waals surface area contributed by atoms with Gasteiger partial charge in [-0.1, -0.05) is 0 Å². The molecule has 0 aromatic carbocycles. The van der Waals surface area contributed by atoms with Crippen molar-refractivity contribution in [3.8, 4) is 0 Å². The highest BCUT2D eigenvalue weighted by Gasteiger charge is 2.29. The van der Waals surface area contributed by atoms with E-state index in [9.17, 15) is 4.79 Å². The van der Waals surface area contributed by atoms with Crippen molar-refractivity contribution in [1.29, 1.82) is 0 Å². The van der Waals surface area contributed by atoms with Crippen molar-refractivity contribution in [2.75, 3.05) is 44.2 Å². The average Bonchev–Trinajstić information content (AvgIpc) is 3.07. The molecule has 2 saturated heterocycles. The molecule has 1 aromatic rings. The summed E-state index contributed by atoms with van der Waals surface area (Å²) in [4.78, 5) is 18.7. The lowest BCUT2D eigenvalue weighted by Gasteiger charge is -2.35. The molecule has 0 bridgehead atoms. The maximum absolute atomic E-state index is 12.5. The monoisotopic (exact) mass is 309 g/mol. The number of likely N-dealkylation sites (tertiary alicyclic amines) is 1. The summed E-state index contributed by atoms with van der Waals surface area (Å²) >= 11 is 1.95. The fraction of sp³-hybridized carbons (Fsp3) is 0.786. The largest absolute Gasteiger partial charge is 0.341 e. The first kappa shape index (κ1) is 14.8. The van der Waals surface area contributed by atoms with Gasteiger partial charge in [-0.3, -0.25) is 4.79 Å². The summed E-state index contributed by atoms with van der Waals surface area (Å²) in [5.74, 6) is 2.83. The molecule has 0 N–H and O–H groups in total. The summed E-state index contributed by atoms with van der Waals surface area (Å²) in [6, 6.07) is 0. The van der Waals surface area contributed by atoms with Crippen LogP contribution in [0.4, 0.5) is 0 Å². The Hall–Kier alpha value is -1.08. The van der Waals surface area contributed by atoms with E-state index in [1.165, 1.54) is 0 Å². The fourth-order valence-corrected chi connectivity index (χ4v) is 3.94. The molecule has 2 aliphatic rings. The summed E-state index contributed by atoms with van der Waals surface area (Å²) in [5, 5.41) is 8.24. The van der Waals surface area contributed by atoms with Crippen molar-refractivity contribution in [2.24, 2.45) is 5.92 Å². The first-order chi connectivity index (χ1) is 10.3. The molecule has 1 aromatic heterocycles. The van der Waals surface area contributed by atoms with Crippen LogP contribution >= 0.6 is 11.8 Å². The zero-order valence-electron chi connectivity index (χ0n) is 12.4. The van der Waals surface area contributed by atoms with E-state index in [-0.39, 0.29) is 5.92 Å². The minimum atomic E-state index is 0.243. The van der Waals surface area contributed by atoms with Gasteiger partial charge in [0.2, 0.25) is 5.91 Å². The quantitative estimate of drug-likeness (QED) is 0.814. The number of hydrogen-bond acceptors (Lipinski definition) is 5. The Morgan fingerprint density at radius 2 is 1.71 bits per heavy atom. The Balaban J connectivity index is 1.41. The Morgan fingerprint density at radius 3 is 2.38 bits per heavy atom. The number of aromatic nitrogens is 3. The van der Waals surface area contributed by atoms with Crippen molar-refractivity contribution in [1.82, 2.24) is 24.8 Å². The van der Waals surface area contributed by atoms with Gasteiger partial charge in [0.1, 0.15) is 0 Å². The van der Waals surface area contributed by atoms with Gasteiger partial charge in [-0.05, 0) is 25.9 Å². The third-order valence-corrected chi connectivity index (χ3v) is 5.28. The highest BCUT2D eigenvalue weighted by Crippen LogP contribution is 2.21. The zero-order chi connectivity index (χ0) is 14.5. The van der Waals surface area contributed by atoms with E-state index in [2.05, 4.69) is 20.0 Å². The molecule has 116 valence electrons. The topological polar surface area (TPSA) is 54.3 Å². The molecule has 2 fully saturated rings. The number of carbonyl (C=O) groups excluding carboxylic acids is 1. The van der Waals surface area contributed by atoms with E-state index in [1.54, 1.807) is 17.2 Å². The number of rotatable bonds is 4. The summed E-state index contributed by atoms with van der Waals surface area (Å²) in [6.07, 6.45) is 5.41. The van der Waals surface area contributed by atoms with Crippen molar-refractivity contribution < 1.29 is 4.79 Å². The summed E-state index contributed by atoms with van der Waals surface area (Å²) in [5.41, 5.74) is 0. The Morgan fingerprint density at radius 1 is 1.05 bits per heavy atom. The lowest BCUT2D eigenvalue weighted by molar-refractivity contribution is -0.136. The highest BCUT2D eigenvalue weighted by molar-refractivity contribution is 7.99. The second-order valence-electron chi connectivity index (χ2n) is 5.68. The van der Waals surface area contributed by atoms with Gasteiger partial charge in [0.15, 0.2) is 0 Å². The molecule has 3 heterocycles. The van der Waals surface area contributed by atoms with Gasteiger partial charge in [0.25, 0.3) is 0 Å². The molecule has 0 radical (unpaired) electrons. The van der Waals surface area contributed by atoms with Crippen molar-refractivity contribution in [2.45, 2.75) is 19.4 Å². The van der Waals surface area contributed by atoms with Gasteiger partial charge < -0.3 is 9.80 Å². The molecule has 3 rings (SSSR count). The smallest absolute Gasteiger partial charge is 0.225 e. The predicted molar refractivity (Wildman–Crippen MR) is 83.1 cm³/mol. The lowest BCUT2D eigenvalue weighted by Crippen LogP contribution is -2.45. The second kappa shape index (κ2) is 7.26. The predicted octanol–water partition coefficient (Wildman–Crippen LogP) is 0.565. The number of piperidine rings is 1. The lowest BCUT2D eigenvalue weighted by atomic mass is 9.95. The summed E-state index contributed by atoms with van der Waals surface area (Å²) in [7, 11) is 0. The SMILES string of the molecule is O=C(C1CCN(CCn2nccn2)CC1)N1CCSCC1. The molecule has 2 aliphatic heterocycles. The maximum Gasteiger partial charge on any atom is 0.225 e.